The predicted octanol–water partition coefficient (Wildman–Crippen LogP) is 2.82. The molecule has 6 heteroatoms. The van der Waals surface area contributed by atoms with Gasteiger partial charge in [0.05, 0.1) is 23.9 Å². The molecule has 1 aliphatic rings. The summed E-state index contributed by atoms with van der Waals surface area (Å²) < 4.78 is 10.0. The summed E-state index contributed by atoms with van der Waals surface area (Å²) in [4.78, 5) is 37.5. The number of esters is 2. The second-order valence-electron chi connectivity index (χ2n) is 5.57. The van der Waals surface area contributed by atoms with Gasteiger partial charge >= 0.3 is 11.9 Å². The minimum Gasteiger partial charge on any atom is -0.465 e. The Hall–Kier alpha value is -3.15. The summed E-state index contributed by atoms with van der Waals surface area (Å²) in [6, 6.07) is 13.0. The number of carbonyl (C=O) groups is 3. The highest BCUT2D eigenvalue weighted by molar-refractivity contribution is 6.04. The Balaban J connectivity index is 1.80. The lowest BCUT2D eigenvalue weighted by Gasteiger charge is -2.18. The van der Waals surface area contributed by atoms with Crippen molar-refractivity contribution in [2.75, 3.05) is 18.6 Å². The highest BCUT2D eigenvalue weighted by Crippen LogP contribution is 2.26. The molecule has 0 spiro atoms. The number of ether oxygens (including phenoxy) is 2. The fourth-order valence-electron chi connectivity index (χ4n) is 2.72. The van der Waals surface area contributed by atoms with E-state index < -0.39 is 11.9 Å². The van der Waals surface area contributed by atoms with Crippen LogP contribution in [0.5, 0.6) is 5.75 Å². The number of benzene rings is 2. The van der Waals surface area contributed by atoms with E-state index in [0.717, 1.165) is 6.42 Å². The first-order chi connectivity index (χ1) is 12.1. The number of methoxy groups -OCH3 is 1. The van der Waals surface area contributed by atoms with E-state index in [0.29, 0.717) is 35.5 Å². The van der Waals surface area contributed by atoms with Gasteiger partial charge in [-0.1, -0.05) is 12.1 Å². The molecule has 2 aromatic carbocycles. The topological polar surface area (TPSA) is 72.9 Å². The van der Waals surface area contributed by atoms with Gasteiger partial charge in [-0.05, 0) is 42.8 Å². The average molecular weight is 339 g/mol. The zero-order valence-corrected chi connectivity index (χ0v) is 13.7. The monoisotopic (exact) mass is 339 g/mol. The van der Waals surface area contributed by atoms with Crippen molar-refractivity contribution in [3.8, 4) is 5.75 Å². The van der Waals surface area contributed by atoms with Crippen molar-refractivity contribution < 1.29 is 23.9 Å². The van der Waals surface area contributed by atoms with Crippen molar-refractivity contribution in [2.24, 2.45) is 0 Å². The van der Waals surface area contributed by atoms with E-state index in [1.807, 2.05) is 0 Å². The molecule has 0 bridgehead atoms. The molecule has 3 rings (SSSR count). The third kappa shape index (κ3) is 3.52. The van der Waals surface area contributed by atoms with Crippen LogP contribution in [0.15, 0.2) is 48.5 Å². The van der Waals surface area contributed by atoms with Crippen molar-refractivity contribution in [3.63, 3.8) is 0 Å². The van der Waals surface area contributed by atoms with Gasteiger partial charge in [0.25, 0.3) is 0 Å². The molecule has 1 fully saturated rings. The minimum atomic E-state index is -0.555. The summed E-state index contributed by atoms with van der Waals surface area (Å²) in [6.45, 7) is 0.594. The number of para-hydroxylation sites is 1. The van der Waals surface area contributed by atoms with Gasteiger partial charge in [0.1, 0.15) is 5.75 Å². The van der Waals surface area contributed by atoms with Gasteiger partial charge in [0.2, 0.25) is 5.91 Å². The number of anilines is 1. The van der Waals surface area contributed by atoms with Crippen LogP contribution in [0.2, 0.25) is 0 Å². The van der Waals surface area contributed by atoms with E-state index >= 15 is 0 Å². The van der Waals surface area contributed by atoms with Crippen molar-refractivity contribution >= 4 is 23.5 Å². The van der Waals surface area contributed by atoms with Crippen molar-refractivity contribution in [2.45, 2.75) is 12.8 Å². The maximum atomic E-state index is 12.5. The molecule has 1 amide bonds. The van der Waals surface area contributed by atoms with Crippen LogP contribution >= 0.6 is 0 Å². The maximum Gasteiger partial charge on any atom is 0.345 e. The van der Waals surface area contributed by atoms with Gasteiger partial charge in [-0.15, -0.1) is 0 Å². The van der Waals surface area contributed by atoms with Crippen molar-refractivity contribution in [1.82, 2.24) is 0 Å². The zero-order chi connectivity index (χ0) is 17.8. The van der Waals surface area contributed by atoms with Gasteiger partial charge in [-0.2, -0.15) is 0 Å². The van der Waals surface area contributed by atoms with Crippen LogP contribution in [0.4, 0.5) is 5.69 Å². The van der Waals surface area contributed by atoms with Crippen molar-refractivity contribution in [3.05, 3.63) is 59.7 Å². The fourth-order valence-corrected chi connectivity index (χ4v) is 2.72. The minimum absolute atomic E-state index is 0.00248. The summed E-state index contributed by atoms with van der Waals surface area (Å²) in [7, 11) is 1.30. The summed E-state index contributed by atoms with van der Waals surface area (Å²) >= 11 is 0. The SMILES string of the molecule is COC(=O)c1ccc(OC(=O)c2ccccc2N2CCCC2=O)cc1. The Kier molecular flexibility index (Phi) is 4.79. The molecule has 0 aromatic heterocycles. The highest BCUT2D eigenvalue weighted by Gasteiger charge is 2.26. The Morgan fingerprint density at radius 1 is 1.00 bits per heavy atom. The van der Waals surface area contributed by atoms with Crippen LogP contribution < -0.4 is 9.64 Å². The third-order valence-electron chi connectivity index (χ3n) is 3.97. The molecule has 128 valence electrons. The molecule has 0 saturated carbocycles. The first kappa shape index (κ1) is 16.7. The molecule has 0 aliphatic carbocycles. The average Bonchev–Trinajstić information content (AvgIpc) is 3.07. The normalized spacial score (nSPS) is 13.6. The fraction of sp³-hybridized carbons (Fsp3) is 0.211. The van der Waals surface area contributed by atoms with Gasteiger partial charge < -0.3 is 14.4 Å². The molecule has 1 saturated heterocycles. The standard InChI is InChI=1S/C19H17NO5/c1-24-18(22)13-8-10-14(11-9-13)25-19(23)15-5-2-3-6-16(15)20-12-4-7-17(20)21/h2-3,5-6,8-11H,4,7,12H2,1H3. The van der Waals surface area contributed by atoms with Gasteiger partial charge in [-0.3, -0.25) is 4.79 Å². The van der Waals surface area contributed by atoms with Crippen molar-refractivity contribution in [1.29, 1.82) is 0 Å². The smallest absolute Gasteiger partial charge is 0.345 e. The van der Waals surface area contributed by atoms with E-state index in [2.05, 4.69) is 4.74 Å². The summed E-state index contributed by atoms with van der Waals surface area (Å²) in [6.07, 6.45) is 1.26. The molecule has 0 atom stereocenters. The lowest BCUT2D eigenvalue weighted by Crippen LogP contribution is -2.26. The first-order valence-electron chi connectivity index (χ1n) is 7.90. The summed E-state index contributed by atoms with van der Waals surface area (Å²) in [5.74, 6) is -0.709. The Bertz CT molecular complexity index is 813. The van der Waals surface area contributed by atoms with Crippen LogP contribution in [-0.4, -0.2) is 31.5 Å². The van der Waals surface area contributed by atoms with E-state index in [1.54, 1.807) is 29.2 Å². The molecule has 25 heavy (non-hydrogen) atoms. The largest absolute Gasteiger partial charge is 0.465 e. The number of nitrogens with zero attached hydrogens (tertiary/aromatic N) is 1. The number of hydrogen-bond donors (Lipinski definition) is 0. The number of hydrogen-bond acceptors (Lipinski definition) is 5. The molecule has 6 nitrogen and oxygen atoms in total. The number of amides is 1. The molecule has 0 unspecified atom stereocenters. The van der Waals surface area contributed by atoms with Crippen LogP contribution in [0.25, 0.3) is 0 Å². The second-order valence-corrected chi connectivity index (χ2v) is 5.57. The Morgan fingerprint density at radius 3 is 2.36 bits per heavy atom. The molecular formula is C19H17NO5. The highest BCUT2D eigenvalue weighted by atomic mass is 16.5. The lowest BCUT2D eigenvalue weighted by atomic mass is 10.1. The van der Waals surface area contributed by atoms with E-state index in [9.17, 15) is 14.4 Å². The summed E-state index contributed by atoms with van der Waals surface area (Å²) in [5.41, 5.74) is 1.25. The molecule has 1 heterocycles. The Labute approximate surface area is 145 Å². The van der Waals surface area contributed by atoms with Gasteiger partial charge in [0.15, 0.2) is 0 Å². The lowest BCUT2D eigenvalue weighted by molar-refractivity contribution is -0.117. The van der Waals surface area contributed by atoms with Gasteiger partial charge in [0, 0.05) is 13.0 Å². The van der Waals surface area contributed by atoms with E-state index in [1.165, 1.54) is 31.4 Å². The molecule has 1 aliphatic heterocycles. The Morgan fingerprint density at radius 2 is 1.72 bits per heavy atom. The zero-order valence-electron chi connectivity index (χ0n) is 13.7. The molecule has 2 aromatic rings. The summed E-state index contributed by atoms with van der Waals surface area (Å²) in [5, 5.41) is 0. The molecule has 0 N–H and O–H groups in total. The maximum absolute atomic E-state index is 12.5. The quantitative estimate of drug-likeness (QED) is 0.633. The van der Waals surface area contributed by atoms with Crippen LogP contribution in [0.1, 0.15) is 33.6 Å². The second kappa shape index (κ2) is 7.17. The molecule has 0 radical (unpaired) electrons. The number of rotatable bonds is 4. The van der Waals surface area contributed by atoms with Crippen LogP contribution in [0.3, 0.4) is 0 Å². The third-order valence-corrected chi connectivity index (χ3v) is 3.97. The van der Waals surface area contributed by atoms with Crippen LogP contribution in [-0.2, 0) is 9.53 Å². The van der Waals surface area contributed by atoms with E-state index in [-0.39, 0.29) is 5.91 Å². The number of carbonyl (C=O) groups excluding carboxylic acids is 3. The van der Waals surface area contributed by atoms with E-state index in [4.69, 9.17) is 4.74 Å². The van der Waals surface area contributed by atoms with Gasteiger partial charge in [-0.25, -0.2) is 9.59 Å². The molecular weight excluding hydrogens is 322 g/mol. The predicted molar refractivity (Wildman–Crippen MR) is 90.8 cm³/mol. The van der Waals surface area contributed by atoms with Crippen LogP contribution in [0, 0.1) is 0 Å². The first-order valence-corrected chi connectivity index (χ1v) is 7.90.